The molecule has 0 aliphatic carbocycles. The van der Waals surface area contributed by atoms with Gasteiger partial charge in [-0.3, -0.25) is 4.79 Å². The van der Waals surface area contributed by atoms with Gasteiger partial charge in [0.05, 0.1) is 0 Å². The standard InChI is InChI=1S/C8H8N2OS2/c11-3-7-5-4-13-2-1-6(5)9-8(12)10-7/h3H,1-2,4H2,(H,9,10,12). The van der Waals surface area contributed by atoms with Crippen LogP contribution in [-0.4, -0.2) is 22.0 Å². The lowest BCUT2D eigenvalue weighted by Crippen LogP contribution is -2.10. The Labute approximate surface area is 85.0 Å². The molecule has 0 bridgehead atoms. The Kier molecular flexibility index (Phi) is 2.46. The number of nitrogens with zero attached hydrogens (tertiary/aromatic N) is 1. The number of hydrogen-bond donors (Lipinski definition) is 1. The van der Waals surface area contributed by atoms with Gasteiger partial charge in [0.2, 0.25) is 0 Å². The van der Waals surface area contributed by atoms with Crippen LogP contribution < -0.4 is 0 Å². The average Bonchev–Trinajstić information content (AvgIpc) is 2.16. The van der Waals surface area contributed by atoms with Gasteiger partial charge in [-0.25, -0.2) is 4.98 Å². The lowest BCUT2D eigenvalue weighted by molar-refractivity contribution is 0.111. The van der Waals surface area contributed by atoms with Crippen molar-refractivity contribution < 1.29 is 4.79 Å². The second kappa shape index (κ2) is 3.59. The molecule has 0 saturated heterocycles. The second-order valence-electron chi connectivity index (χ2n) is 2.80. The van der Waals surface area contributed by atoms with Crippen molar-refractivity contribution in [1.82, 2.24) is 9.97 Å². The van der Waals surface area contributed by atoms with Gasteiger partial charge >= 0.3 is 0 Å². The smallest absolute Gasteiger partial charge is 0.197 e. The molecule has 0 saturated carbocycles. The molecule has 0 aromatic carbocycles. The van der Waals surface area contributed by atoms with E-state index in [4.69, 9.17) is 12.2 Å². The van der Waals surface area contributed by atoms with Gasteiger partial charge in [0.15, 0.2) is 11.1 Å². The fraction of sp³-hybridized carbons (Fsp3) is 0.375. The molecule has 2 rings (SSSR count). The van der Waals surface area contributed by atoms with Crippen LogP contribution in [0.1, 0.15) is 21.7 Å². The maximum atomic E-state index is 10.7. The van der Waals surface area contributed by atoms with Gasteiger partial charge in [0.1, 0.15) is 5.69 Å². The van der Waals surface area contributed by atoms with E-state index in [0.29, 0.717) is 10.5 Å². The molecule has 68 valence electrons. The number of rotatable bonds is 1. The van der Waals surface area contributed by atoms with E-state index in [1.54, 1.807) is 0 Å². The molecule has 0 radical (unpaired) electrons. The lowest BCUT2D eigenvalue weighted by Gasteiger charge is -2.15. The molecule has 0 unspecified atom stereocenters. The molecule has 0 amide bonds. The van der Waals surface area contributed by atoms with Gasteiger partial charge in [-0.15, -0.1) is 0 Å². The minimum atomic E-state index is 0.410. The van der Waals surface area contributed by atoms with E-state index in [1.807, 2.05) is 11.8 Å². The van der Waals surface area contributed by atoms with Crippen LogP contribution in [0.4, 0.5) is 0 Å². The molecule has 0 spiro atoms. The number of H-pyrrole nitrogens is 1. The van der Waals surface area contributed by atoms with E-state index in [9.17, 15) is 4.79 Å². The molecular weight excluding hydrogens is 204 g/mol. The molecule has 1 aromatic heterocycles. The molecule has 2 heterocycles. The van der Waals surface area contributed by atoms with E-state index < -0.39 is 0 Å². The van der Waals surface area contributed by atoms with Gasteiger partial charge in [-0.05, 0) is 24.4 Å². The predicted molar refractivity (Wildman–Crippen MR) is 54.7 cm³/mol. The minimum absolute atomic E-state index is 0.410. The summed E-state index contributed by atoms with van der Waals surface area (Å²) in [5, 5.41) is 0. The largest absolute Gasteiger partial charge is 0.334 e. The van der Waals surface area contributed by atoms with Crippen LogP contribution in [0.2, 0.25) is 0 Å². The monoisotopic (exact) mass is 212 g/mol. The highest BCUT2D eigenvalue weighted by molar-refractivity contribution is 7.98. The zero-order valence-corrected chi connectivity index (χ0v) is 8.50. The van der Waals surface area contributed by atoms with Crippen LogP contribution >= 0.6 is 24.0 Å². The summed E-state index contributed by atoms with van der Waals surface area (Å²) in [5.74, 6) is 1.95. The fourth-order valence-electron chi connectivity index (χ4n) is 1.38. The second-order valence-corrected chi connectivity index (χ2v) is 4.30. The summed E-state index contributed by atoms with van der Waals surface area (Å²) in [7, 11) is 0. The summed E-state index contributed by atoms with van der Waals surface area (Å²) in [5.41, 5.74) is 2.62. The molecule has 5 heteroatoms. The van der Waals surface area contributed by atoms with Crippen molar-refractivity contribution in [2.45, 2.75) is 12.2 Å². The Balaban J connectivity index is 2.63. The number of fused-ring (bicyclic) bond motifs is 1. The third-order valence-corrected chi connectivity index (χ3v) is 3.19. The molecule has 0 atom stereocenters. The van der Waals surface area contributed by atoms with Crippen LogP contribution in [0.15, 0.2) is 0 Å². The summed E-state index contributed by atoms with van der Waals surface area (Å²) in [6, 6.07) is 0. The summed E-state index contributed by atoms with van der Waals surface area (Å²) >= 11 is 6.74. The van der Waals surface area contributed by atoms with Gasteiger partial charge in [0.25, 0.3) is 0 Å². The first-order valence-electron chi connectivity index (χ1n) is 3.96. The van der Waals surface area contributed by atoms with E-state index >= 15 is 0 Å². The molecule has 1 N–H and O–H groups in total. The number of aryl methyl sites for hydroxylation is 1. The lowest BCUT2D eigenvalue weighted by atomic mass is 10.1. The first-order chi connectivity index (χ1) is 6.31. The maximum Gasteiger partial charge on any atom is 0.197 e. The molecule has 13 heavy (non-hydrogen) atoms. The van der Waals surface area contributed by atoms with Gasteiger partial charge in [-0.1, -0.05) is 0 Å². The summed E-state index contributed by atoms with van der Waals surface area (Å²) < 4.78 is 0.410. The van der Waals surface area contributed by atoms with Crippen molar-refractivity contribution in [3.05, 3.63) is 21.7 Å². The average molecular weight is 212 g/mol. The number of aldehydes is 1. The van der Waals surface area contributed by atoms with Gasteiger partial charge < -0.3 is 4.98 Å². The van der Waals surface area contributed by atoms with Crippen molar-refractivity contribution in [3.63, 3.8) is 0 Å². The molecule has 1 aliphatic rings. The van der Waals surface area contributed by atoms with Crippen molar-refractivity contribution in [3.8, 4) is 0 Å². The Morgan fingerprint density at radius 2 is 2.46 bits per heavy atom. The summed E-state index contributed by atoms with van der Waals surface area (Å²) in [4.78, 5) is 17.7. The van der Waals surface area contributed by atoms with Crippen molar-refractivity contribution in [1.29, 1.82) is 0 Å². The van der Waals surface area contributed by atoms with Crippen molar-refractivity contribution in [2.24, 2.45) is 0 Å². The first-order valence-corrected chi connectivity index (χ1v) is 5.52. The number of hydrogen-bond acceptors (Lipinski definition) is 4. The molecule has 0 fully saturated rings. The van der Waals surface area contributed by atoms with Gasteiger partial charge in [-0.2, -0.15) is 11.8 Å². The van der Waals surface area contributed by atoms with E-state index in [1.165, 1.54) is 0 Å². The topological polar surface area (TPSA) is 45.8 Å². The molecule has 1 aliphatic heterocycles. The number of carbonyl (C=O) groups is 1. The van der Waals surface area contributed by atoms with Crippen LogP contribution in [0, 0.1) is 4.77 Å². The van der Waals surface area contributed by atoms with Crippen LogP contribution in [-0.2, 0) is 12.2 Å². The first kappa shape index (κ1) is 8.90. The fourth-order valence-corrected chi connectivity index (χ4v) is 2.62. The van der Waals surface area contributed by atoms with E-state index in [-0.39, 0.29) is 0 Å². The molecular formula is C8H8N2OS2. The van der Waals surface area contributed by atoms with Crippen LogP contribution in [0.5, 0.6) is 0 Å². The Morgan fingerprint density at radius 3 is 3.23 bits per heavy atom. The summed E-state index contributed by atoms with van der Waals surface area (Å²) in [6.45, 7) is 0. The highest BCUT2D eigenvalue weighted by atomic mass is 32.2. The molecule has 3 nitrogen and oxygen atoms in total. The maximum absolute atomic E-state index is 10.7. The quantitative estimate of drug-likeness (QED) is 0.569. The van der Waals surface area contributed by atoms with E-state index in [0.717, 1.165) is 35.5 Å². The summed E-state index contributed by atoms with van der Waals surface area (Å²) in [6.07, 6.45) is 1.74. The minimum Gasteiger partial charge on any atom is -0.334 e. The predicted octanol–water partition coefficient (Wildman–Crippen LogP) is 1.74. The van der Waals surface area contributed by atoms with Crippen molar-refractivity contribution >= 4 is 30.3 Å². The Morgan fingerprint density at radius 1 is 1.62 bits per heavy atom. The highest BCUT2D eigenvalue weighted by Crippen LogP contribution is 2.24. The normalized spacial score (nSPS) is 15.1. The Hall–Kier alpha value is -0.680. The number of thioether (sulfide) groups is 1. The highest BCUT2D eigenvalue weighted by Gasteiger charge is 2.14. The zero-order valence-electron chi connectivity index (χ0n) is 6.87. The number of aromatic amines is 1. The van der Waals surface area contributed by atoms with Crippen molar-refractivity contribution in [2.75, 3.05) is 5.75 Å². The van der Waals surface area contributed by atoms with Gasteiger partial charge in [0, 0.05) is 17.0 Å². The number of nitrogens with one attached hydrogen (secondary N) is 1. The SMILES string of the molecule is O=Cc1nc(=S)[nH]c2c1CSCC2. The van der Waals surface area contributed by atoms with Crippen LogP contribution in [0.3, 0.4) is 0 Å². The number of aromatic nitrogens is 2. The Bertz CT molecular complexity index is 400. The number of carbonyl (C=O) groups excluding carboxylic acids is 1. The molecule has 1 aromatic rings. The van der Waals surface area contributed by atoms with E-state index in [2.05, 4.69) is 9.97 Å². The zero-order chi connectivity index (χ0) is 9.26. The third kappa shape index (κ3) is 1.66. The third-order valence-electron chi connectivity index (χ3n) is 2.01. The van der Waals surface area contributed by atoms with Crippen LogP contribution in [0.25, 0.3) is 0 Å².